The molecule has 1 heterocycles. The van der Waals surface area contributed by atoms with E-state index in [1.54, 1.807) is 7.11 Å². The van der Waals surface area contributed by atoms with Gasteiger partial charge < -0.3 is 10.1 Å². The lowest BCUT2D eigenvalue weighted by Gasteiger charge is -2.40. The van der Waals surface area contributed by atoms with Crippen molar-refractivity contribution >= 4 is 0 Å². The van der Waals surface area contributed by atoms with Crippen LogP contribution in [0.1, 0.15) is 25.3 Å². The Balaban J connectivity index is 1.93. The maximum atomic E-state index is 5.20. The van der Waals surface area contributed by atoms with Gasteiger partial charge in [0.1, 0.15) is 0 Å². The minimum absolute atomic E-state index is 0.608. The number of nitrogens with one attached hydrogen (secondary N) is 1. The quantitative estimate of drug-likeness (QED) is 0.774. The predicted molar refractivity (Wildman–Crippen MR) is 84.1 cm³/mol. The van der Waals surface area contributed by atoms with Crippen LogP contribution in [0, 0.1) is 0 Å². The molecule has 2 rings (SSSR count). The third-order valence-electron chi connectivity index (χ3n) is 4.21. The first-order valence-electron chi connectivity index (χ1n) is 7.83. The molecule has 112 valence electrons. The van der Waals surface area contributed by atoms with Crippen molar-refractivity contribution in [3.05, 3.63) is 35.9 Å². The molecule has 0 aromatic heterocycles. The number of ether oxygens (including phenoxy) is 1. The zero-order valence-corrected chi connectivity index (χ0v) is 12.8. The highest BCUT2D eigenvalue weighted by molar-refractivity contribution is 5.16. The van der Waals surface area contributed by atoms with E-state index < -0.39 is 0 Å². The highest BCUT2D eigenvalue weighted by Gasteiger charge is 2.26. The average Bonchev–Trinajstić information content (AvgIpc) is 2.50. The maximum Gasteiger partial charge on any atom is 0.0474 e. The van der Waals surface area contributed by atoms with Gasteiger partial charge in [-0.05, 0) is 24.8 Å². The van der Waals surface area contributed by atoms with Crippen LogP contribution in [-0.2, 0) is 11.2 Å². The number of hydrogen-bond acceptors (Lipinski definition) is 3. The van der Waals surface area contributed by atoms with Crippen LogP contribution in [0.2, 0.25) is 0 Å². The van der Waals surface area contributed by atoms with E-state index in [4.69, 9.17) is 4.74 Å². The Morgan fingerprint density at radius 2 is 2.10 bits per heavy atom. The minimum Gasteiger partial charge on any atom is -0.385 e. The molecule has 1 aromatic rings. The Hall–Kier alpha value is -0.900. The molecule has 2 atom stereocenters. The topological polar surface area (TPSA) is 24.5 Å². The molecule has 1 aliphatic rings. The number of nitrogens with zero attached hydrogens (tertiary/aromatic N) is 1. The second-order valence-corrected chi connectivity index (χ2v) is 5.70. The van der Waals surface area contributed by atoms with Crippen molar-refractivity contribution in [2.45, 2.75) is 38.3 Å². The molecule has 2 unspecified atom stereocenters. The van der Waals surface area contributed by atoms with Crippen molar-refractivity contribution in [2.24, 2.45) is 0 Å². The fraction of sp³-hybridized carbons (Fsp3) is 0.647. The Morgan fingerprint density at radius 1 is 1.30 bits per heavy atom. The van der Waals surface area contributed by atoms with Crippen LogP contribution in [0.5, 0.6) is 0 Å². The summed E-state index contributed by atoms with van der Waals surface area (Å²) in [6.07, 6.45) is 3.47. The fourth-order valence-corrected chi connectivity index (χ4v) is 2.98. The van der Waals surface area contributed by atoms with Gasteiger partial charge in [-0.2, -0.15) is 0 Å². The Kier molecular flexibility index (Phi) is 6.51. The molecule has 1 fully saturated rings. The lowest BCUT2D eigenvalue weighted by molar-refractivity contribution is 0.108. The van der Waals surface area contributed by atoms with E-state index in [1.165, 1.54) is 12.0 Å². The molecule has 1 aromatic carbocycles. The fourth-order valence-electron chi connectivity index (χ4n) is 2.98. The van der Waals surface area contributed by atoms with Gasteiger partial charge in [-0.25, -0.2) is 0 Å². The smallest absolute Gasteiger partial charge is 0.0474 e. The summed E-state index contributed by atoms with van der Waals surface area (Å²) in [4.78, 5) is 2.65. The van der Waals surface area contributed by atoms with E-state index in [-0.39, 0.29) is 0 Å². The minimum atomic E-state index is 0.608. The van der Waals surface area contributed by atoms with Crippen molar-refractivity contribution < 1.29 is 4.74 Å². The van der Waals surface area contributed by atoms with Gasteiger partial charge in [0, 0.05) is 45.4 Å². The van der Waals surface area contributed by atoms with Gasteiger partial charge in [0.25, 0.3) is 0 Å². The second-order valence-electron chi connectivity index (χ2n) is 5.70. The summed E-state index contributed by atoms with van der Waals surface area (Å²) >= 11 is 0. The first kappa shape index (κ1) is 15.5. The maximum absolute atomic E-state index is 5.20. The van der Waals surface area contributed by atoms with Crippen LogP contribution in [0.4, 0.5) is 0 Å². The zero-order chi connectivity index (χ0) is 14.2. The van der Waals surface area contributed by atoms with Gasteiger partial charge >= 0.3 is 0 Å². The number of hydrogen-bond donors (Lipinski definition) is 1. The van der Waals surface area contributed by atoms with Crippen molar-refractivity contribution in [3.63, 3.8) is 0 Å². The van der Waals surface area contributed by atoms with Gasteiger partial charge in [-0.1, -0.05) is 37.3 Å². The van der Waals surface area contributed by atoms with Gasteiger partial charge in [0.2, 0.25) is 0 Å². The van der Waals surface area contributed by atoms with Crippen LogP contribution in [0.3, 0.4) is 0 Å². The first-order chi connectivity index (χ1) is 9.83. The number of methoxy groups -OCH3 is 1. The van der Waals surface area contributed by atoms with Gasteiger partial charge in [-0.3, -0.25) is 4.90 Å². The molecule has 0 saturated carbocycles. The number of benzene rings is 1. The van der Waals surface area contributed by atoms with E-state index in [0.29, 0.717) is 12.1 Å². The van der Waals surface area contributed by atoms with Crippen LogP contribution >= 0.6 is 0 Å². The van der Waals surface area contributed by atoms with Crippen LogP contribution < -0.4 is 5.32 Å². The molecule has 0 amide bonds. The molecule has 1 saturated heterocycles. The Morgan fingerprint density at radius 3 is 2.80 bits per heavy atom. The monoisotopic (exact) mass is 276 g/mol. The van der Waals surface area contributed by atoms with Gasteiger partial charge in [0.05, 0.1) is 0 Å². The molecule has 3 heteroatoms. The molecule has 1 N–H and O–H groups in total. The van der Waals surface area contributed by atoms with Crippen molar-refractivity contribution in [2.75, 3.05) is 33.4 Å². The van der Waals surface area contributed by atoms with Crippen LogP contribution in [0.25, 0.3) is 0 Å². The Labute approximate surface area is 123 Å². The third kappa shape index (κ3) is 4.58. The molecule has 0 aliphatic carbocycles. The van der Waals surface area contributed by atoms with Gasteiger partial charge in [-0.15, -0.1) is 0 Å². The van der Waals surface area contributed by atoms with Crippen LogP contribution in [0.15, 0.2) is 30.3 Å². The average molecular weight is 276 g/mol. The summed E-state index contributed by atoms with van der Waals surface area (Å²) < 4.78 is 5.20. The largest absolute Gasteiger partial charge is 0.385 e. The second kappa shape index (κ2) is 8.40. The number of rotatable bonds is 7. The van der Waals surface area contributed by atoms with Crippen LogP contribution in [-0.4, -0.2) is 50.3 Å². The van der Waals surface area contributed by atoms with Crippen molar-refractivity contribution in [3.8, 4) is 0 Å². The molecule has 0 spiro atoms. The molecular formula is C17H28N2O. The van der Waals surface area contributed by atoms with E-state index in [1.807, 2.05) is 0 Å². The predicted octanol–water partition coefficient (Wildman–Crippen LogP) is 2.32. The highest BCUT2D eigenvalue weighted by Crippen LogP contribution is 2.14. The van der Waals surface area contributed by atoms with Crippen molar-refractivity contribution in [1.82, 2.24) is 10.2 Å². The molecule has 1 aliphatic heterocycles. The summed E-state index contributed by atoms with van der Waals surface area (Å²) in [6, 6.07) is 12.1. The Bertz CT molecular complexity index is 369. The standard InChI is InChI=1S/C17H28N2O/c1-3-16-14-19(10-7-11-20-2)17(13-18-16)12-15-8-5-4-6-9-15/h4-6,8-9,16-18H,3,7,10-14H2,1-2H3. The van der Waals surface area contributed by atoms with Gasteiger partial charge in [0.15, 0.2) is 0 Å². The molecule has 0 radical (unpaired) electrons. The normalized spacial score (nSPS) is 23.9. The lowest BCUT2D eigenvalue weighted by Crippen LogP contribution is -2.57. The third-order valence-corrected chi connectivity index (χ3v) is 4.21. The molecular weight excluding hydrogens is 248 g/mol. The first-order valence-corrected chi connectivity index (χ1v) is 7.83. The molecule has 3 nitrogen and oxygen atoms in total. The summed E-state index contributed by atoms with van der Waals surface area (Å²) in [5.74, 6) is 0. The summed E-state index contributed by atoms with van der Waals surface area (Å²) in [5, 5.41) is 3.69. The van der Waals surface area contributed by atoms with Crippen molar-refractivity contribution in [1.29, 1.82) is 0 Å². The zero-order valence-electron chi connectivity index (χ0n) is 12.8. The van der Waals surface area contributed by atoms with E-state index in [9.17, 15) is 0 Å². The molecule has 0 bridgehead atoms. The lowest BCUT2D eigenvalue weighted by atomic mass is 10.00. The summed E-state index contributed by atoms with van der Waals surface area (Å²) in [7, 11) is 1.79. The molecule has 20 heavy (non-hydrogen) atoms. The summed E-state index contributed by atoms with van der Waals surface area (Å²) in [5.41, 5.74) is 1.44. The van der Waals surface area contributed by atoms with E-state index in [0.717, 1.165) is 39.1 Å². The highest BCUT2D eigenvalue weighted by atomic mass is 16.5. The summed E-state index contributed by atoms with van der Waals surface area (Å²) in [6.45, 7) is 6.53. The SMILES string of the molecule is CCC1CN(CCCOC)C(Cc2ccccc2)CN1. The van der Waals surface area contributed by atoms with E-state index >= 15 is 0 Å². The van der Waals surface area contributed by atoms with E-state index in [2.05, 4.69) is 47.5 Å². The number of piperazine rings is 1.